The van der Waals surface area contributed by atoms with E-state index in [2.05, 4.69) is 31.0 Å². The molecule has 2 N–H and O–H groups in total. The molecule has 4 aromatic rings. The summed E-state index contributed by atoms with van der Waals surface area (Å²) < 4.78 is 12.4. The van der Waals surface area contributed by atoms with Gasteiger partial charge in [-0.25, -0.2) is 5.10 Å². The number of fused-ring (bicyclic) bond motifs is 2. The SMILES string of the molecule is COc1ccc(-c2n[nH]c(=O)c3c2[C@@H](c2ccc(Cl)cc2)n2nnnc2N3)cc1OC. The first-order valence-electron chi connectivity index (χ1n) is 9.26. The van der Waals surface area contributed by atoms with Gasteiger partial charge in [-0.05, 0) is 46.3 Å². The highest BCUT2D eigenvalue weighted by Crippen LogP contribution is 2.42. The van der Waals surface area contributed by atoms with Crippen LogP contribution in [-0.2, 0) is 0 Å². The minimum Gasteiger partial charge on any atom is -0.493 e. The lowest BCUT2D eigenvalue weighted by Crippen LogP contribution is -2.29. The Bertz CT molecular complexity index is 1330. The highest BCUT2D eigenvalue weighted by atomic mass is 35.5. The van der Waals surface area contributed by atoms with E-state index >= 15 is 0 Å². The Morgan fingerprint density at radius 2 is 1.84 bits per heavy atom. The number of nitrogens with one attached hydrogen (secondary N) is 2. The first-order valence-corrected chi connectivity index (χ1v) is 9.64. The molecule has 2 aromatic heterocycles. The number of ether oxygens (including phenoxy) is 2. The fourth-order valence-corrected chi connectivity index (χ4v) is 3.82. The van der Waals surface area contributed by atoms with Crippen LogP contribution in [0.3, 0.4) is 0 Å². The molecular formula is C20H16ClN7O3. The molecule has 10 nitrogen and oxygen atoms in total. The number of halogens is 1. The van der Waals surface area contributed by atoms with Crippen molar-refractivity contribution in [1.29, 1.82) is 0 Å². The molecule has 0 aliphatic carbocycles. The average Bonchev–Trinajstić information content (AvgIpc) is 3.27. The van der Waals surface area contributed by atoms with Crippen molar-refractivity contribution in [2.45, 2.75) is 6.04 Å². The van der Waals surface area contributed by atoms with Gasteiger partial charge in [-0.1, -0.05) is 28.8 Å². The zero-order valence-corrected chi connectivity index (χ0v) is 17.2. The van der Waals surface area contributed by atoms with E-state index in [1.165, 1.54) is 0 Å². The fourth-order valence-electron chi connectivity index (χ4n) is 3.69. The number of hydrogen-bond acceptors (Lipinski definition) is 8. The van der Waals surface area contributed by atoms with Crippen LogP contribution in [0.1, 0.15) is 17.2 Å². The maximum absolute atomic E-state index is 12.7. The summed E-state index contributed by atoms with van der Waals surface area (Å²) in [5, 5.41) is 22.4. The summed E-state index contributed by atoms with van der Waals surface area (Å²) in [5.41, 5.74) is 2.67. The van der Waals surface area contributed by atoms with Crippen LogP contribution >= 0.6 is 11.6 Å². The number of hydrogen-bond donors (Lipinski definition) is 2. The molecule has 0 fully saturated rings. The Balaban J connectivity index is 1.78. The molecule has 0 spiro atoms. The molecule has 0 unspecified atom stereocenters. The number of benzene rings is 2. The lowest BCUT2D eigenvalue weighted by Gasteiger charge is -2.28. The highest BCUT2D eigenvalue weighted by Gasteiger charge is 2.34. The predicted octanol–water partition coefficient (Wildman–Crippen LogP) is 2.79. The normalized spacial score (nSPS) is 14.4. The van der Waals surface area contributed by atoms with Crippen molar-refractivity contribution < 1.29 is 9.47 Å². The van der Waals surface area contributed by atoms with Crippen molar-refractivity contribution in [2.24, 2.45) is 0 Å². The zero-order valence-electron chi connectivity index (χ0n) is 16.5. The van der Waals surface area contributed by atoms with Gasteiger partial charge in [0, 0.05) is 16.1 Å². The van der Waals surface area contributed by atoms with E-state index in [1.807, 2.05) is 18.2 Å². The van der Waals surface area contributed by atoms with Gasteiger partial charge in [-0.2, -0.15) is 9.78 Å². The molecule has 0 radical (unpaired) electrons. The molecule has 11 heteroatoms. The molecule has 1 atom stereocenters. The van der Waals surface area contributed by atoms with Crippen molar-refractivity contribution in [3.8, 4) is 22.8 Å². The van der Waals surface area contributed by atoms with Crippen LogP contribution in [0.15, 0.2) is 47.3 Å². The van der Waals surface area contributed by atoms with E-state index in [0.29, 0.717) is 39.4 Å². The summed E-state index contributed by atoms with van der Waals surface area (Å²) in [5.74, 6) is 1.47. The second-order valence-corrected chi connectivity index (χ2v) is 7.22. The van der Waals surface area contributed by atoms with Crippen LogP contribution < -0.4 is 20.3 Å². The van der Waals surface area contributed by atoms with Crippen molar-refractivity contribution in [2.75, 3.05) is 19.5 Å². The van der Waals surface area contributed by atoms with Gasteiger partial charge in [0.1, 0.15) is 11.7 Å². The van der Waals surface area contributed by atoms with Gasteiger partial charge in [0.05, 0.1) is 19.9 Å². The first-order chi connectivity index (χ1) is 15.1. The molecule has 156 valence electrons. The van der Waals surface area contributed by atoms with Gasteiger partial charge in [0.15, 0.2) is 11.5 Å². The predicted molar refractivity (Wildman–Crippen MR) is 113 cm³/mol. The van der Waals surface area contributed by atoms with Gasteiger partial charge < -0.3 is 14.8 Å². The van der Waals surface area contributed by atoms with Gasteiger partial charge in [-0.15, -0.1) is 0 Å². The smallest absolute Gasteiger partial charge is 0.288 e. The van der Waals surface area contributed by atoms with E-state index in [0.717, 1.165) is 11.1 Å². The topological polar surface area (TPSA) is 120 Å². The zero-order chi connectivity index (χ0) is 21.5. The number of methoxy groups -OCH3 is 2. The minimum absolute atomic E-state index is 0.321. The van der Waals surface area contributed by atoms with Gasteiger partial charge in [0.25, 0.3) is 5.56 Å². The monoisotopic (exact) mass is 437 g/mol. The van der Waals surface area contributed by atoms with E-state index in [4.69, 9.17) is 21.1 Å². The maximum Gasteiger partial charge on any atom is 0.288 e. The Hall–Kier alpha value is -3.92. The van der Waals surface area contributed by atoms with Gasteiger partial charge in [-0.3, -0.25) is 4.79 Å². The highest BCUT2D eigenvalue weighted by molar-refractivity contribution is 6.30. The molecule has 0 saturated heterocycles. The molecule has 0 saturated carbocycles. The van der Waals surface area contributed by atoms with Crippen LogP contribution in [0.4, 0.5) is 11.6 Å². The number of H-pyrrole nitrogens is 1. The van der Waals surface area contributed by atoms with Crippen LogP contribution in [0.5, 0.6) is 11.5 Å². The van der Waals surface area contributed by atoms with Crippen molar-refractivity contribution in [1.82, 2.24) is 30.4 Å². The Kier molecular flexibility index (Phi) is 4.55. The first kappa shape index (κ1) is 19.1. The van der Waals surface area contributed by atoms with Crippen molar-refractivity contribution in [3.63, 3.8) is 0 Å². The summed E-state index contributed by atoms with van der Waals surface area (Å²) in [7, 11) is 3.13. The Morgan fingerprint density at radius 3 is 2.58 bits per heavy atom. The molecular weight excluding hydrogens is 422 g/mol. The number of aromatic nitrogens is 6. The van der Waals surface area contributed by atoms with Crippen molar-refractivity contribution >= 4 is 23.2 Å². The molecule has 3 heterocycles. The van der Waals surface area contributed by atoms with Crippen LogP contribution in [0.2, 0.25) is 5.02 Å². The summed E-state index contributed by atoms with van der Waals surface area (Å²) in [6.45, 7) is 0. The quantitative estimate of drug-likeness (QED) is 0.440. The molecule has 5 rings (SSSR count). The van der Waals surface area contributed by atoms with E-state index < -0.39 is 6.04 Å². The summed E-state index contributed by atoms with van der Waals surface area (Å²) in [4.78, 5) is 12.7. The average molecular weight is 438 g/mol. The lowest BCUT2D eigenvalue weighted by atomic mass is 9.92. The summed E-state index contributed by atoms with van der Waals surface area (Å²) >= 11 is 6.09. The third-order valence-electron chi connectivity index (χ3n) is 5.11. The van der Waals surface area contributed by atoms with Crippen molar-refractivity contribution in [3.05, 3.63) is 69.0 Å². The second kappa shape index (κ2) is 7.40. The maximum atomic E-state index is 12.7. The molecule has 1 aliphatic rings. The Labute approximate surface area is 180 Å². The second-order valence-electron chi connectivity index (χ2n) is 6.79. The Morgan fingerprint density at radius 1 is 1.06 bits per heavy atom. The van der Waals surface area contributed by atoms with Crippen LogP contribution in [0.25, 0.3) is 11.3 Å². The van der Waals surface area contributed by atoms with Crippen LogP contribution in [-0.4, -0.2) is 44.6 Å². The third-order valence-corrected chi connectivity index (χ3v) is 5.36. The fraction of sp³-hybridized carbons (Fsp3) is 0.150. The molecule has 0 bridgehead atoms. The number of rotatable bonds is 4. The number of aromatic amines is 1. The van der Waals surface area contributed by atoms with E-state index in [-0.39, 0.29) is 5.56 Å². The lowest BCUT2D eigenvalue weighted by molar-refractivity contribution is 0.355. The third kappa shape index (κ3) is 3.08. The summed E-state index contributed by atoms with van der Waals surface area (Å²) in [6, 6.07) is 12.2. The molecule has 0 amide bonds. The standard InChI is InChI=1S/C20H16ClN7O3/c1-30-13-8-5-11(9-14(13)31-2)16-15-17(19(29)24-23-16)22-20-25-26-27-28(20)18(15)10-3-6-12(21)7-4-10/h3-9,18H,1-2H3,(H,24,29)(H,22,25,27)/t18-/m1/s1. The van der Waals surface area contributed by atoms with Crippen LogP contribution in [0, 0.1) is 0 Å². The number of anilines is 2. The molecule has 2 aromatic carbocycles. The van der Waals surface area contributed by atoms with E-state index in [1.54, 1.807) is 43.2 Å². The molecule has 31 heavy (non-hydrogen) atoms. The van der Waals surface area contributed by atoms with Gasteiger partial charge >= 0.3 is 0 Å². The van der Waals surface area contributed by atoms with E-state index in [9.17, 15) is 4.79 Å². The summed E-state index contributed by atoms with van der Waals surface area (Å²) in [6.07, 6.45) is 0. The largest absolute Gasteiger partial charge is 0.493 e. The number of nitrogens with zero attached hydrogens (tertiary/aromatic N) is 5. The van der Waals surface area contributed by atoms with Gasteiger partial charge in [0.2, 0.25) is 5.95 Å². The molecule has 1 aliphatic heterocycles. The minimum atomic E-state index is -0.503. The number of tetrazole rings is 1.